The minimum Gasteiger partial charge on any atom is -0.324 e. The number of fused-ring (bicyclic) bond motifs is 1. The Labute approximate surface area is 158 Å². The highest BCUT2D eigenvalue weighted by Gasteiger charge is 2.26. The summed E-state index contributed by atoms with van der Waals surface area (Å²) in [6.45, 7) is 1.24. The molecule has 1 aliphatic rings. The standard InChI is InChI=1S/C19H19BrN4O2/c20-14-5-1-2-6-15(14)21-18(25)23-11-9-13(10-12-23)24-17-8-4-3-7-16(17)22-19(24)26/h1-8,13H,9-12H2,(H,21,25)(H,22,26). The van der Waals surface area contributed by atoms with E-state index in [4.69, 9.17) is 0 Å². The van der Waals surface area contributed by atoms with Crippen LogP contribution in [-0.2, 0) is 0 Å². The van der Waals surface area contributed by atoms with E-state index in [0.717, 1.165) is 34.0 Å². The quantitative estimate of drug-likeness (QED) is 0.665. The van der Waals surface area contributed by atoms with Crippen LogP contribution in [0.4, 0.5) is 10.5 Å². The molecule has 0 radical (unpaired) electrons. The molecule has 4 rings (SSSR count). The molecule has 2 aromatic carbocycles. The zero-order chi connectivity index (χ0) is 18.1. The molecule has 2 N–H and O–H groups in total. The van der Waals surface area contributed by atoms with Crippen molar-refractivity contribution in [2.45, 2.75) is 18.9 Å². The van der Waals surface area contributed by atoms with E-state index in [1.54, 1.807) is 4.90 Å². The highest BCUT2D eigenvalue weighted by molar-refractivity contribution is 9.10. The number of anilines is 1. The maximum Gasteiger partial charge on any atom is 0.326 e. The Morgan fingerprint density at radius 2 is 1.77 bits per heavy atom. The minimum absolute atomic E-state index is 0.0812. The lowest BCUT2D eigenvalue weighted by Gasteiger charge is -2.32. The number of piperidine rings is 1. The van der Waals surface area contributed by atoms with Gasteiger partial charge < -0.3 is 15.2 Å². The number of aromatic amines is 1. The number of hydrogen-bond donors (Lipinski definition) is 2. The van der Waals surface area contributed by atoms with Crippen LogP contribution in [0.3, 0.4) is 0 Å². The van der Waals surface area contributed by atoms with Crippen molar-refractivity contribution in [3.05, 3.63) is 63.5 Å². The predicted octanol–water partition coefficient (Wildman–Crippen LogP) is 3.96. The summed E-state index contributed by atoms with van der Waals surface area (Å²) in [5.74, 6) is 0. The second kappa shape index (κ2) is 6.99. The van der Waals surface area contributed by atoms with Crippen molar-refractivity contribution < 1.29 is 4.79 Å². The first-order chi connectivity index (χ1) is 12.6. The molecule has 7 heteroatoms. The van der Waals surface area contributed by atoms with E-state index in [1.807, 2.05) is 53.1 Å². The van der Waals surface area contributed by atoms with Crippen molar-refractivity contribution in [1.29, 1.82) is 0 Å². The number of urea groups is 1. The highest BCUT2D eigenvalue weighted by atomic mass is 79.9. The topological polar surface area (TPSA) is 70.1 Å². The van der Waals surface area contributed by atoms with Gasteiger partial charge in [-0.2, -0.15) is 0 Å². The Bertz CT molecular complexity index is 1000. The molecule has 2 heterocycles. The Kier molecular flexibility index (Phi) is 4.55. The fourth-order valence-corrected chi connectivity index (χ4v) is 3.90. The van der Waals surface area contributed by atoms with Crippen molar-refractivity contribution in [3.8, 4) is 0 Å². The molecule has 0 saturated carbocycles. The Balaban J connectivity index is 1.45. The van der Waals surface area contributed by atoms with Gasteiger partial charge in [0.25, 0.3) is 0 Å². The number of nitrogens with zero attached hydrogens (tertiary/aromatic N) is 2. The van der Waals surface area contributed by atoms with E-state index in [2.05, 4.69) is 26.2 Å². The second-order valence-corrected chi connectivity index (χ2v) is 7.30. The van der Waals surface area contributed by atoms with Gasteiger partial charge in [-0.3, -0.25) is 4.57 Å². The molecule has 0 atom stereocenters. The molecule has 26 heavy (non-hydrogen) atoms. The molecular formula is C19H19BrN4O2. The molecule has 1 saturated heterocycles. The zero-order valence-electron chi connectivity index (χ0n) is 14.1. The van der Waals surface area contributed by atoms with Gasteiger partial charge in [-0.15, -0.1) is 0 Å². The number of imidazole rings is 1. The van der Waals surface area contributed by atoms with Gasteiger partial charge in [0.05, 0.1) is 16.7 Å². The summed E-state index contributed by atoms with van der Waals surface area (Å²) in [5, 5.41) is 2.94. The number of benzene rings is 2. The van der Waals surface area contributed by atoms with Crippen molar-refractivity contribution in [2.75, 3.05) is 18.4 Å². The largest absolute Gasteiger partial charge is 0.326 e. The second-order valence-electron chi connectivity index (χ2n) is 6.45. The van der Waals surface area contributed by atoms with Gasteiger partial charge in [0.15, 0.2) is 0 Å². The number of halogens is 1. The molecule has 0 bridgehead atoms. The van der Waals surface area contributed by atoms with E-state index in [9.17, 15) is 9.59 Å². The van der Waals surface area contributed by atoms with Crippen LogP contribution in [0.25, 0.3) is 11.0 Å². The lowest BCUT2D eigenvalue weighted by molar-refractivity contribution is 0.184. The SMILES string of the molecule is O=C(Nc1ccccc1Br)N1CCC(n2c(=O)[nH]c3ccccc32)CC1. The van der Waals surface area contributed by atoms with E-state index in [-0.39, 0.29) is 17.8 Å². The van der Waals surface area contributed by atoms with Crippen molar-refractivity contribution in [2.24, 2.45) is 0 Å². The average Bonchev–Trinajstić information content (AvgIpc) is 2.99. The number of amides is 2. The number of aromatic nitrogens is 2. The first-order valence-electron chi connectivity index (χ1n) is 8.63. The molecule has 2 amide bonds. The number of likely N-dealkylation sites (tertiary alicyclic amines) is 1. The molecule has 0 aliphatic carbocycles. The number of carbonyl (C=O) groups excluding carboxylic acids is 1. The Morgan fingerprint density at radius 3 is 2.54 bits per heavy atom. The first-order valence-corrected chi connectivity index (χ1v) is 9.42. The number of carbonyl (C=O) groups is 1. The number of rotatable bonds is 2. The van der Waals surface area contributed by atoms with E-state index >= 15 is 0 Å². The lowest BCUT2D eigenvalue weighted by Crippen LogP contribution is -2.42. The smallest absolute Gasteiger partial charge is 0.324 e. The molecule has 6 nitrogen and oxygen atoms in total. The van der Waals surface area contributed by atoms with Crippen LogP contribution in [0, 0.1) is 0 Å². The van der Waals surface area contributed by atoms with Crippen LogP contribution >= 0.6 is 15.9 Å². The molecule has 0 spiro atoms. The van der Waals surface area contributed by atoms with Crippen LogP contribution in [0.1, 0.15) is 18.9 Å². The monoisotopic (exact) mass is 414 g/mol. The van der Waals surface area contributed by atoms with Gasteiger partial charge in [-0.1, -0.05) is 24.3 Å². The normalized spacial score (nSPS) is 15.3. The van der Waals surface area contributed by atoms with E-state index < -0.39 is 0 Å². The minimum atomic E-state index is -0.110. The summed E-state index contributed by atoms with van der Waals surface area (Å²) in [5.41, 5.74) is 2.45. The van der Waals surface area contributed by atoms with Gasteiger partial charge in [-0.25, -0.2) is 9.59 Å². The number of H-pyrrole nitrogens is 1. The van der Waals surface area contributed by atoms with Gasteiger partial charge in [0.2, 0.25) is 0 Å². The van der Waals surface area contributed by atoms with Crippen molar-refractivity contribution in [1.82, 2.24) is 14.5 Å². The van der Waals surface area contributed by atoms with Crippen LogP contribution < -0.4 is 11.0 Å². The summed E-state index contributed by atoms with van der Waals surface area (Å²) < 4.78 is 2.69. The Morgan fingerprint density at radius 1 is 1.08 bits per heavy atom. The zero-order valence-corrected chi connectivity index (χ0v) is 15.7. The highest BCUT2D eigenvalue weighted by Crippen LogP contribution is 2.26. The predicted molar refractivity (Wildman–Crippen MR) is 106 cm³/mol. The molecule has 1 aliphatic heterocycles. The van der Waals surface area contributed by atoms with Crippen molar-refractivity contribution in [3.63, 3.8) is 0 Å². The summed E-state index contributed by atoms with van der Waals surface area (Å²) in [6.07, 6.45) is 1.51. The summed E-state index contributed by atoms with van der Waals surface area (Å²) in [4.78, 5) is 29.6. The summed E-state index contributed by atoms with van der Waals surface area (Å²) >= 11 is 3.44. The van der Waals surface area contributed by atoms with Gasteiger partial charge >= 0.3 is 11.7 Å². The maximum absolute atomic E-state index is 12.5. The molecule has 1 aromatic heterocycles. The van der Waals surface area contributed by atoms with Crippen molar-refractivity contribution >= 4 is 38.7 Å². The van der Waals surface area contributed by atoms with Gasteiger partial charge in [0.1, 0.15) is 0 Å². The average molecular weight is 415 g/mol. The van der Waals surface area contributed by atoms with Crippen LogP contribution in [0.15, 0.2) is 57.8 Å². The number of hydrogen-bond acceptors (Lipinski definition) is 2. The number of nitrogens with one attached hydrogen (secondary N) is 2. The fourth-order valence-electron chi connectivity index (χ4n) is 3.52. The fraction of sp³-hybridized carbons (Fsp3) is 0.263. The third-order valence-electron chi connectivity index (χ3n) is 4.86. The Hall–Kier alpha value is -2.54. The third kappa shape index (κ3) is 3.14. The van der Waals surface area contributed by atoms with E-state index in [1.165, 1.54) is 0 Å². The molecular weight excluding hydrogens is 396 g/mol. The summed E-state index contributed by atoms with van der Waals surface area (Å²) in [6, 6.07) is 15.3. The van der Waals surface area contributed by atoms with Crippen LogP contribution in [0.5, 0.6) is 0 Å². The summed E-state index contributed by atoms with van der Waals surface area (Å²) in [7, 11) is 0. The van der Waals surface area contributed by atoms with E-state index in [0.29, 0.717) is 13.1 Å². The van der Waals surface area contributed by atoms with Crippen LogP contribution in [-0.4, -0.2) is 33.6 Å². The van der Waals surface area contributed by atoms with Crippen LogP contribution in [0.2, 0.25) is 0 Å². The third-order valence-corrected chi connectivity index (χ3v) is 5.55. The molecule has 1 fully saturated rings. The molecule has 0 unspecified atom stereocenters. The lowest BCUT2D eigenvalue weighted by atomic mass is 10.0. The number of para-hydroxylation sites is 3. The van der Waals surface area contributed by atoms with Gasteiger partial charge in [-0.05, 0) is 53.0 Å². The first kappa shape index (κ1) is 16.9. The molecule has 3 aromatic rings. The van der Waals surface area contributed by atoms with Gasteiger partial charge in [0, 0.05) is 23.6 Å². The maximum atomic E-state index is 12.5. The molecule has 134 valence electrons.